The van der Waals surface area contributed by atoms with Crippen molar-refractivity contribution in [1.82, 2.24) is 0 Å². The number of anilines is 1. The minimum absolute atomic E-state index is 0.181. The first-order valence-electron chi connectivity index (χ1n) is 6.76. The molecule has 0 aliphatic heterocycles. The number of carbonyl (C=O) groups excluding carboxylic acids is 2. The van der Waals surface area contributed by atoms with Crippen molar-refractivity contribution < 1.29 is 14.3 Å². The van der Waals surface area contributed by atoms with Crippen LogP contribution in [0, 0.1) is 0 Å². The fourth-order valence-electron chi connectivity index (χ4n) is 1.88. The molecular formula is C17H17NO3S. The Morgan fingerprint density at radius 1 is 1.14 bits per heavy atom. The zero-order valence-electron chi connectivity index (χ0n) is 12.5. The van der Waals surface area contributed by atoms with E-state index in [0.29, 0.717) is 11.3 Å². The molecule has 0 aliphatic rings. The third-order valence-corrected chi connectivity index (χ3v) is 3.69. The van der Waals surface area contributed by atoms with Gasteiger partial charge in [0.2, 0.25) is 5.91 Å². The molecule has 1 amide bonds. The maximum atomic E-state index is 12.0. The van der Waals surface area contributed by atoms with Gasteiger partial charge in [-0.3, -0.25) is 4.79 Å². The van der Waals surface area contributed by atoms with E-state index >= 15 is 0 Å². The summed E-state index contributed by atoms with van der Waals surface area (Å²) >= 11 is 1.66. The van der Waals surface area contributed by atoms with Crippen LogP contribution >= 0.6 is 11.8 Å². The number of carbonyl (C=O) groups is 2. The van der Waals surface area contributed by atoms with Crippen molar-refractivity contribution in [2.45, 2.75) is 18.4 Å². The number of hydrogen-bond acceptors (Lipinski definition) is 4. The topological polar surface area (TPSA) is 55.4 Å². The fraction of sp³-hybridized carbons (Fsp3) is 0.176. The van der Waals surface area contributed by atoms with Gasteiger partial charge in [0.15, 0.2) is 0 Å². The summed E-state index contributed by atoms with van der Waals surface area (Å²) in [7, 11) is 0. The molecule has 4 nitrogen and oxygen atoms in total. The maximum absolute atomic E-state index is 12.0. The molecule has 0 atom stereocenters. The van der Waals surface area contributed by atoms with Crippen LogP contribution in [0.2, 0.25) is 0 Å². The summed E-state index contributed by atoms with van der Waals surface area (Å²) in [5.74, 6) is -0.597. The SMILES string of the molecule is CSc1ccc(COC(=O)c2cccc(NC(C)=O)c2)cc1. The van der Waals surface area contributed by atoms with Crippen LogP contribution in [0.25, 0.3) is 0 Å². The number of rotatable bonds is 5. The molecule has 2 aromatic carbocycles. The molecule has 0 saturated carbocycles. The zero-order chi connectivity index (χ0) is 15.9. The number of benzene rings is 2. The highest BCUT2D eigenvalue weighted by Crippen LogP contribution is 2.16. The minimum atomic E-state index is -0.416. The molecule has 2 aromatic rings. The first-order chi connectivity index (χ1) is 10.6. The van der Waals surface area contributed by atoms with Gasteiger partial charge in [-0.15, -0.1) is 11.8 Å². The molecule has 22 heavy (non-hydrogen) atoms. The maximum Gasteiger partial charge on any atom is 0.338 e. The molecule has 0 fully saturated rings. The van der Waals surface area contributed by atoms with E-state index < -0.39 is 5.97 Å². The van der Waals surface area contributed by atoms with Gasteiger partial charge >= 0.3 is 5.97 Å². The van der Waals surface area contributed by atoms with Crippen molar-refractivity contribution in [3.8, 4) is 0 Å². The first kappa shape index (κ1) is 16.1. The van der Waals surface area contributed by atoms with E-state index in [2.05, 4.69) is 5.32 Å². The summed E-state index contributed by atoms with van der Waals surface area (Å²) in [5.41, 5.74) is 1.92. The summed E-state index contributed by atoms with van der Waals surface area (Å²) < 4.78 is 5.29. The zero-order valence-corrected chi connectivity index (χ0v) is 13.3. The molecule has 0 radical (unpaired) electrons. The molecule has 0 saturated heterocycles. The van der Waals surface area contributed by atoms with E-state index in [0.717, 1.165) is 10.5 Å². The van der Waals surface area contributed by atoms with Crippen LogP contribution in [0.1, 0.15) is 22.8 Å². The van der Waals surface area contributed by atoms with E-state index in [1.165, 1.54) is 6.92 Å². The van der Waals surface area contributed by atoms with E-state index in [4.69, 9.17) is 4.74 Å². The van der Waals surface area contributed by atoms with Crippen molar-refractivity contribution in [3.05, 3.63) is 59.7 Å². The highest BCUT2D eigenvalue weighted by atomic mass is 32.2. The van der Waals surface area contributed by atoms with Crippen LogP contribution in [0.4, 0.5) is 5.69 Å². The minimum Gasteiger partial charge on any atom is -0.457 e. The van der Waals surface area contributed by atoms with E-state index in [-0.39, 0.29) is 12.5 Å². The third kappa shape index (κ3) is 4.63. The summed E-state index contributed by atoms with van der Waals surface area (Å²) in [6.07, 6.45) is 2.01. The smallest absolute Gasteiger partial charge is 0.338 e. The highest BCUT2D eigenvalue weighted by molar-refractivity contribution is 7.98. The van der Waals surface area contributed by atoms with E-state index in [1.807, 2.05) is 30.5 Å². The third-order valence-electron chi connectivity index (χ3n) is 2.95. The van der Waals surface area contributed by atoms with Gasteiger partial charge in [-0.25, -0.2) is 4.79 Å². The number of amides is 1. The van der Waals surface area contributed by atoms with Gasteiger partial charge in [0, 0.05) is 17.5 Å². The van der Waals surface area contributed by atoms with Crippen molar-refractivity contribution in [1.29, 1.82) is 0 Å². The fourth-order valence-corrected chi connectivity index (χ4v) is 2.29. The second kappa shape index (κ2) is 7.66. The number of esters is 1. The molecule has 0 aromatic heterocycles. The van der Waals surface area contributed by atoms with Gasteiger partial charge in [0.1, 0.15) is 6.61 Å². The predicted octanol–water partition coefficient (Wildman–Crippen LogP) is 3.72. The Bertz CT molecular complexity index is 668. The lowest BCUT2D eigenvalue weighted by atomic mass is 10.2. The van der Waals surface area contributed by atoms with Crippen molar-refractivity contribution in [2.75, 3.05) is 11.6 Å². The quantitative estimate of drug-likeness (QED) is 0.675. The lowest BCUT2D eigenvalue weighted by Gasteiger charge is -2.07. The van der Waals surface area contributed by atoms with Crippen molar-refractivity contribution in [3.63, 3.8) is 0 Å². The molecule has 0 unspecified atom stereocenters. The van der Waals surface area contributed by atoms with Crippen LogP contribution in [0.15, 0.2) is 53.4 Å². The monoisotopic (exact) mass is 315 g/mol. The lowest BCUT2D eigenvalue weighted by Crippen LogP contribution is -2.08. The summed E-state index contributed by atoms with van der Waals surface area (Å²) in [4.78, 5) is 24.2. The number of ether oxygens (including phenoxy) is 1. The lowest BCUT2D eigenvalue weighted by molar-refractivity contribution is -0.114. The van der Waals surface area contributed by atoms with Crippen LogP contribution in [-0.2, 0) is 16.1 Å². The van der Waals surface area contributed by atoms with E-state index in [9.17, 15) is 9.59 Å². The molecule has 0 bridgehead atoms. The average molecular weight is 315 g/mol. The molecule has 0 spiro atoms. The van der Waals surface area contributed by atoms with Crippen LogP contribution in [0.5, 0.6) is 0 Å². The average Bonchev–Trinajstić information content (AvgIpc) is 2.52. The second-order valence-corrected chi connectivity index (χ2v) is 5.57. The Labute approximate surface area is 133 Å². The van der Waals surface area contributed by atoms with Gasteiger partial charge in [0.05, 0.1) is 5.56 Å². The molecule has 0 aliphatic carbocycles. The Hall–Kier alpha value is -2.27. The Morgan fingerprint density at radius 2 is 1.86 bits per heavy atom. The summed E-state index contributed by atoms with van der Waals surface area (Å²) in [6.45, 7) is 1.64. The number of nitrogens with one attached hydrogen (secondary N) is 1. The van der Waals surface area contributed by atoms with Gasteiger partial charge in [-0.2, -0.15) is 0 Å². The molecule has 1 N–H and O–H groups in total. The highest BCUT2D eigenvalue weighted by Gasteiger charge is 2.08. The largest absolute Gasteiger partial charge is 0.457 e. The predicted molar refractivity (Wildman–Crippen MR) is 88.1 cm³/mol. The van der Waals surface area contributed by atoms with Gasteiger partial charge in [0.25, 0.3) is 0 Å². The molecule has 0 heterocycles. The summed E-state index contributed by atoms with van der Waals surface area (Å²) in [6, 6.07) is 14.5. The van der Waals surface area contributed by atoms with Gasteiger partial charge in [-0.05, 0) is 42.2 Å². The van der Waals surface area contributed by atoms with E-state index in [1.54, 1.807) is 36.0 Å². The number of hydrogen-bond donors (Lipinski definition) is 1. The summed E-state index contributed by atoms with van der Waals surface area (Å²) in [5, 5.41) is 2.64. The van der Waals surface area contributed by atoms with Crippen LogP contribution in [-0.4, -0.2) is 18.1 Å². The Balaban J connectivity index is 1.97. The molecule has 2 rings (SSSR count). The second-order valence-electron chi connectivity index (χ2n) is 4.69. The Morgan fingerprint density at radius 3 is 2.50 bits per heavy atom. The van der Waals surface area contributed by atoms with Crippen LogP contribution < -0.4 is 5.32 Å². The standard InChI is InChI=1S/C17H17NO3S/c1-12(19)18-15-5-3-4-14(10-15)17(20)21-11-13-6-8-16(22-2)9-7-13/h3-10H,11H2,1-2H3,(H,18,19). The van der Waals surface area contributed by atoms with Gasteiger partial charge in [-0.1, -0.05) is 18.2 Å². The molecule has 5 heteroatoms. The normalized spacial score (nSPS) is 10.1. The van der Waals surface area contributed by atoms with Crippen LogP contribution in [0.3, 0.4) is 0 Å². The first-order valence-corrected chi connectivity index (χ1v) is 7.98. The molecular weight excluding hydrogens is 298 g/mol. The number of thioether (sulfide) groups is 1. The van der Waals surface area contributed by atoms with Gasteiger partial charge < -0.3 is 10.1 Å². The molecule has 114 valence electrons. The van der Waals surface area contributed by atoms with Crippen molar-refractivity contribution in [2.24, 2.45) is 0 Å². The Kier molecular flexibility index (Phi) is 5.61. The van der Waals surface area contributed by atoms with Crippen molar-refractivity contribution >= 4 is 29.3 Å².